The quantitative estimate of drug-likeness (QED) is 0.816. The van der Waals surface area contributed by atoms with Crippen LogP contribution in [0.3, 0.4) is 0 Å². The Morgan fingerprint density at radius 1 is 1.21 bits per heavy atom. The van der Waals surface area contributed by atoms with Crippen LogP contribution < -0.4 is 10.1 Å². The van der Waals surface area contributed by atoms with Crippen LogP contribution in [0.4, 0.5) is 10.5 Å². The topological polar surface area (TPSA) is 50.8 Å². The van der Waals surface area contributed by atoms with Gasteiger partial charge in [-0.05, 0) is 55.9 Å². The van der Waals surface area contributed by atoms with Crippen LogP contribution in [-0.4, -0.2) is 43.3 Å². The van der Waals surface area contributed by atoms with Gasteiger partial charge in [0.05, 0.1) is 6.10 Å². The van der Waals surface area contributed by atoms with Crippen molar-refractivity contribution in [3.8, 4) is 18.1 Å². The molecule has 1 aromatic rings. The van der Waals surface area contributed by atoms with E-state index in [-0.39, 0.29) is 12.6 Å². The molecule has 1 saturated carbocycles. The fraction of sp³-hybridized carbons (Fsp3) is 0.526. The van der Waals surface area contributed by atoms with Gasteiger partial charge in [0.25, 0.3) is 0 Å². The van der Waals surface area contributed by atoms with Gasteiger partial charge in [0.2, 0.25) is 0 Å². The van der Waals surface area contributed by atoms with E-state index in [9.17, 15) is 4.79 Å². The molecule has 3 rings (SSSR count). The molecule has 1 aliphatic heterocycles. The average Bonchev–Trinajstić information content (AvgIpc) is 3.44. The largest absolute Gasteiger partial charge is 0.481 e. The van der Waals surface area contributed by atoms with Crippen molar-refractivity contribution >= 4 is 11.7 Å². The summed E-state index contributed by atoms with van der Waals surface area (Å²) in [7, 11) is 0. The number of terminal acetylenes is 1. The second-order valence-corrected chi connectivity index (χ2v) is 6.41. The highest BCUT2D eigenvalue weighted by Gasteiger charge is 2.26. The molecule has 0 bridgehead atoms. The number of hydrogen-bond acceptors (Lipinski definition) is 3. The summed E-state index contributed by atoms with van der Waals surface area (Å²) in [6.07, 6.45) is 9.92. The number of amides is 2. The van der Waals surface area contributed by atoms with E-state index in [0.717, 1.165) is 44.1 Å². The fourth-order valence-corrected chi connectivity index (χ4v) is 2.74. The second-order valence-electron chi connectivity index (χ2n) is 6.41. The van der Waals surface area contributed by atoms with Crippen molar-refractivity contribution < 1.29 is 14.3 Å². The Bertz CT molecular complexity index is 582. The smallest absolute Gasteiger partial charge is 0.321 e. The van der Waals surface area contributed by atoms with Crippen LogP contribution in [-0.2, 0) is 4.74 Å². The maximum atomic E-state index is 12.3. The highest BCUT2D eigenvalue weighted by atomic mass is 16.5. The minimum absolute atomic E-state index is 0.0621. The lowest BCUT2D eigenvalue weighted by atomic mass is 10.1. The number of ether oxygens (including phenoxy) is 2. The van der Waals surface area contributed by atoms with Crippen molar-refractivity contribution in [2.75, 3.05) is 31.6 Å². The molecule has 2 aliphatic rings. The van der Waals surface area contributed by atoms with Gasteiger partial charge in [-0.3, -0.25) is 0 Å². The summed E-state index contributed by atoms with van der Waals surface area (Å²) in [5.41, 5.74) is 0.750. The van der Waals surface area contributed by atoms with Crippen molar-refractivity contribution in [1.82, 2.24) is 4.90 Å². The Labute approximate surface area is 143 Å². The number of nitrogens with zero attached hydrogens (tertiary/aromatic N) is 1. The van der Waals surface area contributed by atoms with Gasteiger partial charge in [-0.15, -0.1) is 6.42 Å². The van der Waals surface area contributed by atoms with Crippen molar-refractivity contribution in [3.05, 3.63) is 24.3 Å². The number of carbonyl (C=O) groups is 1. The number of carbonyl (C=O) groups excluding carboxylic acids is 1. The lowest BCUT2D eigenvalue weighted by molar-refractivity contribution is 0.0105. The molecule has 128 valence electrons. The highest BCUT2D eigenvalue weighted by Crippen LogP contribution is 2.30. The molecule has 5 heteroatoms. The van der Waals surface area contributed by atoms with Crippen LogP contribution in [0, 0.1) is 18.3 Å². The molecule has 0 spiro atoms. The van der Waals surface area contributed by atoms with Crippen molar-refractivity contribution in [2.45, 2.75) is 31.8 Å². The third-order valence-corrected chi connectivity index (χ3v) is 4.42. The van der Waals surface area contributed by atoms with Gasteiger partial charge in [-0.25, -0.2) is 4.79 Å². The third kappa shape index (κ3) is 4.90. The predicted molar refractivity (Wildman–Crippen MR) is 93.1 cm³/mol. The molecule has 0 aromatic heterocycles. The molecule has 0 atom stereocenters. The van der Waals surface area contributed by atoms with Crippen molar-refractivity contribution in [1.29, 1.82) is 0 Å². The highest BCUT2D eigenvalue weighted by molar-refractivity contribution is 5.89. The predicted octanol–water partition coefficient (Wildman–Crippen LogP) is 3.12. The number of anilines is 1. The number of benzene rings is 1. The van der Waals surface area contributed by atoms with Crippen LogP contribution in [0.15, 0.2) is 24.3 Å². The normalized spacial score (nSPS) is 18.0. The van der Waals surface area contributed by atoms with Gasteiger partial charge in [0, 0.05) is 25.4 Å². The molecule has 5 nitrogen and oxygen atoms in total. The maximum Gasteiger partial charge on any atom is 0.321 e. The summed E-state index contributed by atoms with van der Waals surface area (Å²) in [6, 6.07) is 7.16. The second kappa shape index (κ2) is 8.07. The van der Waals surface area contributed by atoms with E-state index in [0.29, 0.717) is 11.9 Å². The molecule has 24 heavy (non-hydrogen) atoms. The maximum absolute atomic E-state index is 12.3. The monoisotopic (exact) mass is 328 g/mol. The van der Waals surface area contributed by atoms with Crippen molar-refractivity contribution in [3.63, 3.8) is 0 Å². The summed E-state index contributed by atoms with van der Waals surface area (Å²) in [4.78, 5) is 14.2. The summed E-state index contributed by atoms with van der Waals surface area (Å²) >= 11 is 0. The first-order valence-electron chi connectivity index (χ1n) is 8.58. The summed E-state index contributed by atoms with van der Waals surface area (Å²) in [5, 5.41) is 2.92. The third-order valence-electron chi connectivity index (χ3n) is 4.42. The molecule has 1 saturated heterocycles. The van der Waals surface area contributed by atoms with Crippen LogP contribution in [0.5, 0.6) is 5.75 Å². The van der Waals surface area contributed by atoms with Gasteiger partial charge >= 0.3 is 6.03 Å². The van der Waals surface area contributed by atoms with Crippen molar-refractivity contribution in [2.24, 2.45) is 5.92 Å². The SMILES string of the molecule is C#CCOc1ccc(NC(=O)N2CCC(OCC3CC3)CC2)cc1. The summed E-state index contributed by atoms with van der Waals surface area (Å²) < 4.78 is 11.2. The molecule has 1 heterocycles. The van der Waals surface area contributed by atoms with E-state index in [1.807, 2.05) is 17.0 Å². The lowest BCUT2D eigenvalue weighted by Gasteiger charge is -2.32. The Kier molecular flexibility index (Phi) is 5.60. The van der Waals surface area contributed by atoms with Crippen LogP contribution in [0.1, 0.15) is 25.7 Å². The van der Waals surface area contributed by atoms with E-state index in [1.54, 1.807) is 12.1 Å². The van der Waals surface area contributed by atoms with E-state index in [4.69, 9.17) is 15.9 Å². The van der Waals surface area contributed by atoms with E-state index < -0.39 is 0 Å². The van der Waals surface area contributed by atoms with Crippen LogP contribution in [0.2, 0.25) is 0 Å². The average molecular weight is 328 g/mol. The zero-order valence-electron chi connectivity index (χ0n) is 13.9. The minimum atomic E-state index is -0.0621. The molecule has 1 aliphatic carbocycles. The standard InChI is InChI=1S/C19H24N2O3/c1-2-13-23-17-7-5-16(6-8-17)20-19(22)21-11-9-18(10-12-21)24-14-15-3-4-15/h1,5-8,15,18H,3-4,9-14H2,(H,20,22). The van der Waals surface area contributed by atoms with Crippen LogP contribution >= 0.6 is 0 Å². The Morgan fingerprint density at radius 2 is 1.92 bits per heavy atom. The van der Waals surface area contributed by atoms with Gasteiger partial charge < -0.3 is 19.7 Å². The molecular weight excluding hydrogens is 304 g/mol. The first-order chi connectivity index (χ1) is 11.7. The van der Waals surface area contributed by atoms with E-state index in [2.05, 4.69) is 11.2 Å². The van der Waals surface area contributed by atoms with Gasteiger partial charge in [0.15, 0.2) is 0 Å². The van der Waals surface area contributed by atoms with Crippen LogP contribution in [0.25, 0.3) is 0 Å². The minimum Gasteiger partial charge on any atom is -0.481 e. The summed E-state index contributed by atoms with van der Waals surface area (Å²) in [6.45, 7) is 2.61. The zero-order chi connectivity index (χ0) is 16.8. The number of rotatable bonds is 6. The number of urea groups is 1. The Morgan fingerprint density at radius 3 is 2.54 bits per heavy atom. The molecule has 1 aromatic carbocycles. The van der Waals surface area contributed by atoms with Gasteiger partial charge in [-0.2, -0.15) is 0 Å². The number of piperidine rings is 1. The fourth-order valence-electron chi connectivity index (χ4n) is 2.74. The molecule has 1 N–H and O–H groups in total. The van der Waals surface area contributed by atoms with Gasteiger partial charge in [0.1, 0.15) is 12.4 Å². The first-order valence-corrected chi connectivity index (χ1v) is 8.58. The molecule has 0 radical (unpaired) electrons. The zero-order valence-corrected chi connectivity index (χ0v) is 13.9. The lowest BCUT2D eigenvalue weighted by Crippen LogP contribution is -2.43. The molecule has 2 amide bonds. The number of hydrogen-bond donors (Lipinski definition) is 1. The first kappa shape index (κ1) is 16.7. The van der Waals surface area contributed by atoms with Gasteiger partial charge in [-0.1, -0.05) is 5.92 Å². The number of likely N-dealkylation sites (tertiary alicyclic amines) is 1. The number of nitrogens with one attached hydrogen (secondary N) is 1. The summed E-state index contributed by atoms with van der Waals surface area (Å²) in [5.74, 6) is 3.90. The Hall–Kier alpha value is -2.19. The van der Waals surface area contributed by atoms with E-state index >= 15 is 0 Å². The molecule has 0 unspecified atom stereocenters. The Balaban J connectivity index is 1.41. The molecular formula is C19H24N2O3. The van der Waals surface area contributed by atoms with E-state index in [1.165, 1.54) is 12.8 Å². The molecule has 2 fully saturated rings.